The van der Waals surface area contributed by atoms with E-state index in [2.05, 4.69) is 26.2 Å². The molecule has 0 radical (unpaired) electrons. The first kappa shape index (κ1) is 12.6. The van der Waals surface area contributed by atoms with Gasteiger partial charge in [-0.15, -0.1) is 11.3 Å². The lowest BCUT2D eigenvalue weighted by molar-refractivity contribution is 0.0957. The van der Waals surface area contributed by atoms with E-state index in [1.54, 1.807) is 11.7 Å². The van der Waals surface area contributed by atoms with Crippen LogP contribution in [-0.2, 0) is 0 Å². The SMILES string of the molecule is O=C(NCCCCCCBr)c1cncs1. The maximum absolute atomic E-state index is 11.4. The first-order valence-electron chi connectivity index (χ1n) is 5.07. The summed E-state index contributed by atoms with van der Waals surface area (Å²) in [6, 6.07) is 0. The van der Waals surface area contributed by atoms with E-state index in [0.29, 0.717) is 4.88 Å². The van der Waals surface area contributed by atoms with Gasteiger partial charge in [0.25, 0.3) is 5.91 Å². The molecular weight excluding hydrogens is 276 g/mol. The summed E-state index contributed by atoms with van der Waals surface area (Å²) in [5.74, 6) is -0.00186. The van der Waals surface area contributed by atoms with E-state index < -0.39 is 0 Å². The van der Waals surface area contributed by atoms with Gasteiger partial charge < -0.3 is 5.32 Å². The van der Waals surface area contributed by atoms with Gasteiger partial charge in [0.15, 0.2) is 0 Å². The molecule has 84 valence electrons. The van der Waals surface area contributed by atoms with E-state index in [4.69, 9.17) is 0 Å². The van der Waals surface area contributed by atoms with Gasteiger partial charge in [-0.1, -0.05) is 28.8 Å². The summed E-state index contributed by atoms with van der Waals surface area (Å²) in [6.07, 6.45) is 6.27. The number of alkyl halides is 1. The maximum atomic E-state index is 11.4. The normalized spacial score (nSPS) is 10.2. The third-order valence-electron chi connectivity index (χ3n) is 2.00. The molecule has 15 heavy (non-hydrogen) atoms. The molecule has 0 saturated heterocycles. The van der Waals surface area contributed by atoms with Crippen LogP contribution in [0.3, 0.4) is 0 Å². The Morgan fingerprint density at radius 3 is 2.87 bits per heavy atom. The minimum atomic E-state index is -0.00186. The fourth-order valence-corrected chi connectivity index (χ4v) is 2.12. The van der Waals surface area contributed by atoms with Crippen LogP contribution in [0.1, 0.15) is 35.4 Å². The highest BCUT2D eigenvalue weighted by molar-refractivity contribution is 9.09. The summed E-state index contributed by atoms with van der Waals surface area (Å²) in [4.78, 5) is 16.0. The zero-order chi connectivity index (χ0) is 10.9. The third-order valence-corrected chi connectivity index (χ3v) is 3.33. The van der Waals surface area contributed by atoms with Crippen molar-refractivity contribution >= 4 is 33.2 Å². The molecule has 1 amide bonds. The van der Waals surface area contributed by atoms with Crippen LogP contribution in [0.25, 0.3) is 0 Å². The number of halogens is 1. The van der Waals surface area contributed by atoms with E-state index in [1.807, 2.05) is 0 Å². The number of rotatable bonds is 7. The Hall–Kier alpha value is -0.420. The zero-order valence-corrected chi connectivity index (χ0v) is 10.9. The zero-order valence-electron chi connectivity index (χ0n) is 8.54. The highest BCUT2D eigenvalue weighted by atomic mass is 79.9. The number of nitrogens with one attached hydrogen (secondary N) is 1. The van der Waals surface area contributed by atoms with E-state index >= 15 is 0 Å². The lowest BCUT2D eigenvalue weighted by atomic mass is 10.2. The van der Waals surface area contributed by atoms with Crippen molar-refractivity contribution in [2.45, 2.75) is 25.7 Å². The van der Waals surface area contributed by atoms with Gasteiger partial charge in [0.2, 0.25) is 0 Å². The van der Waals surface area contributed by atoms with Crippen LogP contribution in [-0.4, -0.2) is 22.8 Å². The Kier molecular flexibility index (Phi) is 6.59. The quantitative estimate of drug-likeness (QED) is 0.620. The number of nitrogens with zero attached hydrogens (tertiary/aromatic N) is 1. The van der Waals surface area contributed by atoms with E-state index in [9.17, 15) is 4.79 Å². The number of aromatic nitrogens is 1. The van der Waals surface area contributed by atoms with Gasteiger partial charge in [0.1, 0.15) is 4.88 Å². The number of amides is 1. The van der Waals surface area contributed by atoms with Gasteiger partial charge in [-0.05, 0) is 12.8 Å². The van der Waals surface area contributed by atoms with Gasteiger partial charge >= 0.3 is 0 Å². The van der Waals surface area contributed by atoms with Crippen molar-refractivity contribution in [1.82, 2.24) is 10.3 Å². The Labute approximate surface area is 102 Å². The summed E-state index contributed by atoms with van der Waals surface area (Å²) in [5, 5.41) is 3.95. The number of thiazole rings is 1. The van der Waals surface area contributed by atoms with Crippen LogP contribution in [0.4, 0.5) is 0 Å². The first-order chi connectivity index (χ1) is 7.34. The molecule has 0 aliphatic rings. The predicted octanol–water partition coefficient (Wildman–Crippen LogP) is 2.83. The Bertz CT molecular complexity index is 277. The second-order valence-electron chi connectivity index (χ2n) is 3.22. The van der Waals surface area contributed by atoms with Crippen LogP contribution < -0.4 is 5.32 Å². The average molecular weight is 291 g/mol. The van der Waals surface area contributed by atoms with Gasteiger partial charge in [0.05, 0.1) is 11.7 Å². The molecule has 1 heterocycles. The number of hydrogen-bond donors (Lipinski definition) is 1. The van der Waals surface area contributed by atoms with Crippen LogP contribution in [0, 0.1) is 0 Å². The number of carbonyl (C=O) groups excluding carboxylic acids is 1. The molecule has 0 atom stereocenters. The molecule has 1 rings (SSSR count). The molecule has 0 aliphatic heterocycles. The summed E-state index contributed by atoms with van der Waals surface area (Å²) in [7, 11) is 0. The molecule has 5 heteroatoms. The second-order valence-corrected chi connectivity index (χ2v) is 4.90. The molecule has 0 spiro atoms. The molecule has 0 bridgehead atoms. The fraction of sp³-hybridized carbons (Fsp3) is 0.600. The van der Waals surface area contributed by atoms with Crippen molar-refractivity contribution in [3.8, 4) is 0 Å². The smallest absolute Gasteiger partial charge is 0.262 e. The molecule has 0 saturated carbocycles. The molecule has 1 aromatic rings. The standard InChI is InChI=1S/C10H15BrN2OS/c11-5-3-1-2-4-6-13-10(14)9-7-12-8-15-9/h7-8H,1-6H2,(H,13,14). The fourth-order valence-electron chi connectivity index (χ4n) is 1.19. The first-order valence-corrected chi connectivity index (χ1v) is 7.07. The van der Waals surface area contributed by atoms with Gasteiger partial charge in [-0.2, -0.15) is 0 Å². The average Bonchev–Trinajstić information content (AvgIpc) is 2.76. The topological polar surface area (TPSA) is 42.0 Å². The lowest BCUT2D eigenvalue weighted by Crippen LogP contribution is -2.23. The Morgan fingerprint density at radius 2 is 2.20 bits per heavy atom. The molecule has 0 unspecified atom stereocenters. The maximum Gasteiger partial charge on any atom is 0.262 e. The van der Waals surface area contributed by atoms with Crippen LogP contribution in [0.5, 0.6) is 0 Å². The van der Waals surface area contributed by atoms with Crippen LogP contribution >= 0.6 is 27.3 Å². The van der Waals surface area contributed by atoms with Crippen LogP contribution in [0.2, 0.25) is 0 Å². The Morgan fingerprint density at radius 1 is 1.40 bits per heavy atom. The summed E-state index contributed by atoms with van der Waals surface area (Å²) >= 11 is 4.77. The van der Waals surface area contributed by atoms with Gasteiger partial charge in [0, 0.05) is 11.9 Å². The van der Waals surface area contributed by atoms with Crippen molar-refractivity contribution in [2.24, 2.45) is 0 Å². The summed E-state index contributed by atoms with van der Waals surface area (Å²) in [5.41, 5.74) is 1.67. The molecule has 1 aromatic heterocycles. The molecule has 3 nitrogen and oxygen atoms in total. The molecule has 1 N–H and O–H groups in total. The number of carbonyl (C=O) groups is 1. The van der Waals surface area contributed by atoms with E-state index in [-0.39, 0.29) is 5.91 Å². The molecular formula is C10H15BrN2OS. The van der Waals surface area contributed by atoms with Gasteiger partial charge in [-0.3, -0.25) is 9.78 Å². The van der Waals surface area contributed by atoms with Crippen molar-refractivity contribution in [1.29, 1.82) is 0 Å². The highest BCUT2D eigenvalue weighted by Crippen LogP contribution is 2.05. The molecule has 0 aliphatic carbocycles. The van der Waals surface area contributed by atoms with Crippen molar-refractivity contribution in [3.63, 3.8) is 0 Å². The van der Waals surface area contributed by atoms with Crippen molar-refractivity contribution in [2.75, 3.05) is 11.9 Å². The second kappa shape index (κ2) is 7.82. The predicted molar refractivity (Wildman–Crippen MR) is 66.7 cm³/mol. The number of unbranched alkanes of at least 4 members (excludes halogenated alkanes) is 3. The van der Waals surface area contributed by atoms with Gasteiger partial charge in [-0.25, -0.2) is 0 Å². The minimum absolute atomic E-state index is 0.00186. The number of hydrogen-bond acceptors (Lipinski definition) is 3. The molecule has 0 aromatic carbocycles. The monoisotopic (exact) mass is 290 g/mol. The largest absolute Gasteiger partial charge is 0.351 e. The van der Waals surface area contributed by atoms with Crippen LogP contribution in [0.15, 0.2) is 11.7 Å². The lowest BCUT2D eigenvalue weighted by Gasteiger charge is -2.02. The van der Waals surface area contributed by atoms with E-state index in [1.165, 1.54) is 30.6 Å². The molecule has 0 fully saturated rings. The highest BCUT2D eigenvalue weighted by Gasteiger charge is 2.04. The minimum Gasteiger partial charge on any atom is -0.351 e. The summed E-state index contributed by atoms with van der Waals surface area (Å²) < 4.78 is 0. The van der Waals surface area contributed by atoms with Crippen molar-refractivity contribution < 1.29 is 4.79 Å². The summed E-state index contributed by atoms with van der Waals surface area (Å²) in [6.45, 7) is 0.763. The Balaban J connectivity index is 2.03. The van der Waals surface area contributed by atoms with E-state index in [0.717, 1.165) is 18.3 Å². The van der Waals surface area contributed by atoms with Crippen molar-refractivity contribution in [3.05, 3.63) is 16.6 Å². The third kappa shape index (κ3) is 5.28.